The second kappa shape index (κ2) is 8.33. The van der Waals surface area contributed by atoms with Crippen LogP contribution in [0.4, 0.5) is 5.69 Å². The zero-order chi connectivity index (χ0) is 13.5. The number of anilines is 1. The number of halogens is 1. The van der Waals surface area contributed by atoms with E-state index in [1.54, 1.807) is 7.11 Å². The van der Waals surface area contributed by atoms with Crippen molar-refractivity contribution in [1.29, 1.82) is 0 Å². The number of nitrogens with one attached hydrogen (secondary N) is 1. The van der Waals surface area contributed by atoms with Crippen LogP contribution in [0.1, 0.15) is 12.5 Å². The average molecular weight is 294 g/mol. The smallest absolute Gasteiger partial charge is 0.163 e. The fourth-order valence-electron chi connectivity index (χ4n) is 1.84. The molecule has 20 heavy (non-hydrogen) atoms. The first-order valence-electron chi connectivity index (χ1n) is 6.42. The van der Waals surface area contributed by atoms with Gasteiger partial charge < -0.3 is 14.8 Å². The van der Waals surface area contributed by atoms with Crippen LogP contribution in [0.5, 0.6) is 11.5 Å². The molecule has 2 aromatic rings. The topological polar surface area (TPSA) is 30.5 Å². The highest BCUT2D eigenvalue weighted by Gasteiger charge is 2.05. The maximum absolute atomic E-state index is 5.84. The lowest BCUT2D eigenvalue weighted by molar-refractivity contribution is 0.284. The van der Waals surface area contributed by atoms with Crippen molar-refractivity contribution in [2.45, 2.75) is 13.5 Å². The molecule has 108 valence electrons. The van der Waals surface area contributed by atoms with Crippen molar-refractivity contribution in [3.63, 3.8) is 0 Å². The maximum atomic E-state index is 5.84. The van der Waals surface area contributed by atoms with Crippen molar-refractivity contribution in [1.82, 2.24) is 0 Å². The Hall–Kier alpha value is -1.87. The zero-order valence-electron chi connectivity index (χ0n) is 11.8. The number of ether oxygens (including phenoxy) is 2. The van der Waals surface area contributed by atoms with Gasteiger partial charge in [0.2, 0.25) is 0 Å². The molecular formula is C16H20ClNO2. The molecule has 0 bridgehead atoms. The number of hydrogen-bond acceptors (Lipinski definition) is 3. The number of hydrogen-bond donors (Lipinski definition) is 1. The monoisotopic (exact) mass is 293 g/mol. The van der Waals surface area contributed by atoms with E-state index in [0.717, 1.165) is 29.3 Å². The Bertz CT molecular complexity index is 517. The van der Waals surface area contributed by atoms with Gasteiger partial charge in [-0.1, -0.05) is 30.3 Å². The Morgan fingerprint density at radius 1 is 1.00 bits per heavy atom. The van der Waals surface area contributed by atoms with Crippen LogP contribution in [-0.2, 0) is 6.61 Å². The molecule has 1 N–H and O–H groups in total. The van der Waals surface area contributed by atoms with Crippen molar-refractivity contribution in [3.8, 4) is 11.5 Å². The van der Waals surface area contributed by atoms with Crippen molar-refractivity contribution < 1.29 is 9.47 Å². The van der Waals surface area contributed by atoms with Crippen LogP contribution in [0.25, 0.3) is 0 Å². The molecule has 0 unspecified atom stereocenters. The first-order valence-corrected chi connectivity index (χ1v) is 6.42. The molecule has 0 aliphatic heterocycles. The minimum Gasteiger partial charge on any atom is -0.493 e. The van der Waals surface area contributed by atoms with E-state index in [1.165, 1.54) is 0 Å². The largest absolute Gasteiger partial charge is 0.493 e. The van der Waals surface area contributed by atoms with Crippen LogP contribution < -0.4 is 14.8 Å². The molecule has 0 heterocycles. The molecule has 2 rings (SSSR count). The first-order chi connectivity index (χ1) is 9.33. The summed E-state index contributed by atoms with van der Waals surface area (Å²) in [4.78, 5) is 0. The zero-order valence-corrected chi connectivity index (χ0v) is 12.6. The van der Waals surface area contributed by atoms with Gasteiger partial charge in [0, 0.05) is 18.3 Å². The van der Waals surface area contributed by atoms with Crippen LogP contribution in [0, 0.1) is 0 Å². The third kappa shape index (κ3) is 4.35. The molecule has 0 aliphatic carbocycles. The van der Waals surface area contributed by atoms with E-state index in [-0.39, 0.29) is 12.4 Å². The van der Waals surface area contributed by atoms with E-state index in [4.69, 9.17) is 9.47 Å². The van der Waals surface area contributed by atoms with Crippen molar-refractivity contribution >= 4 is 18.1 Å². The minimum absolute atomic E-state index is 0. The summed E-state index contributed by atoms with van der Waals surface area (Å²) in [5, 5.41) is 3.26. The number of methoxy groups -OCH3 is 1. The molecule has 0 radical (unpaired) electrons. The van der Waals surface area contributed by atoms with E-state index in [2.05, 4.69) is 12.2 Å². The fraction of sp³-hybridized carbons (Fsp3) is 0.250. The molecule has 0 fully saturated rings. The van der Waals surface area contributed by atoms with Gasteiger partial charge in [-0.2, -0.15) is 0 Å². The van der Waals surface area contributed by atoms with Gasteiger partial charge in [-0.15, -0.1) is 12.4 Å². The van der Waals surface area contributed by atoms with E-state index in [9.17, 15) is 0 Å². The summed E-state index contributed by atoms with van der Waals surface area (Å²) < 4.78 is 11.2. The lowest BCUT2D eigenvalue weighted by atomic mass is 10.2. The van der Waals surface area contributed by atoms with Gasteiger partial charge in [0.15, 0.2) is 11.5 Å². The fourth-order valence-corrected chi connectivity index (χ4v) is 1.84. The summed E-state index contributed by atoms with van der Waals surface area (Å²) >= 11 is 0. The maximum Gasteiger partial charge on any atom is 0.163 e. The Labute approximate surface area is 126 Å². The molecule has 0 saturated carbocycles. The predicted molar refractivity (Wildman–Crippen MR) is 85.2 cm³/mol. The highest BCUT2D eigenvalue weighted by molar-refractivity contribution is 5.85. The predicted octanol–water partition coefficient (Wildman–Crippen LogP) is 4.13. The standard InChI is InChI=1S/C16H19NO2.ClH/c1-3-17-14-9-10-15(18-2)16(11-14)19-12-13-7-5-4-6-8-13;/h4-11,17H,3,12H2,1-2H3;1H. The summed E-state index contributed by atoms with van der Waals surface area (Å²) in [7, 11) is 1.65. The molecule has 3 nitrogen and oxygen atoms in total. The van der Waals surface area contributed by atoms with Gasteiger partial charge >= 0.3 is 0 Å². The second-order valence-electron chi connectivity index (χ2n) is 4.17. The quantitative estimate of drug-likeness (QED) is 0.869. The molecule has 4 heteroatoms. The normalized spacial score (nSPS) is 9.50. The summed E-state index contributed by atoms with van der Waals surface area (Å²) in [5.41, 5.74) is 2.17. The molecule has 0 saturated heterocycles. The Balaban J connectivity index is 0.00000200. The van der Waals surface area contributed by atoms with Gasteiger partial charge in [-0.05, 0) is 24.6 Å². The van der Waals surface area contributed by atoms with Crippen LogP contribution in [-0.4, -0.2) is 13.7 Å². The van der Waals surface area contributed by atoms with Gasteiger partial charge in [0.1, 0.15) is 6.61 Å². The molecule has 0 aliphatic rings. The van der Waals surface area contributed by atoms with Crippen LogP contribution in [0.2, 0.25) is 0 Å². The van der Waals surface area contributed by atoms with Gasteiger partial charge in [-0.25, -0.2) is 0 Å². The Morgan fingerprint density at radius 2 is 1.75 bits per heavy atom. The van der Waals surface area contributed by atoms with Crippen molar-refractivity contribution in [2.24, 2.45) is 0 Å². The first kappa shape index (κ1) is 16.2. The molecule has 0 spiro atoms. The Morgan fingerprint density at radius 3 is 2.40 bits per heavy atom. The van der Waals surface area contributed by atoms with Gasteiger partial charge in [0.05, 0.1) is 7.11 Å². The molecular weight excluding hydrogens is 274 g/mol. The highest BCUT2D eigenvalue weighted by atomic mass is 35.5. The molecule has 0 aromatic heterocycles. The highest BCUT2D eigenvalue weighted by Crippen LogP contribution is 2.30. The average Bonchev–Trinajstić information content (AvgIpc) is 2.47. The van der Waals surface area contributed by atoms with Crippen molar-refractivity contribution in [2.75, 3.05) is 19.0 Å². The SMILES string of the molecule is CCNc1ccc(OC)c(OCc2ccccc2)c1.Cl. The number of rotatable bonds is 6. The summed E-state index contributed by atoms with van der Waals surface area (Å²) in [6.07, 6.45) is 0. The van der Waals surface area contributed by atoms with Crippen LogP contribution in [0.3, 0.4) is 0 Å². The van der Waals surface area contributed by atoms with E-state index < -0.39 is 0 Å². The molecule has 0 atom stereocenters. The summed E-state index contributed by atoms with van der Waals surface area (Å²) in [5.74, 6) is 1.50. The molecule has 2 aromatic carbocycles. The third-order valence-corrected chi connectivity index (χ3v) is 2.78. The van der Waals surface area contributed by atoms with Crippen LogP contribution >= 0.6 is 12.4 Å². The molecule has 0 amide bonds. The summed E-state index contributed by atoms with van der Waals surface area (Å²) in [6.45, 7) is 3.48. The Kier molecular flexibility index (Phi) is 6.74. The van der Waals surface area contributed by atoms with E-state index in [0.29, 0.717) is 6.61 Å². The van der Waals surface area contributed by atoms with E-state index >= 15 is 0 Å². The van der Waals surface area contributed by atoms with Gasteiger partial charge in [-0.3, -0.25) is 0 Å². The van der Waals surface area contributed by atoms with E-state index in [1.807, 2.05) is 48.5 Å². The van der Waals surface area contributed by atoms with Crippen molar-refractivity contribution in [3.05, 3.63) is 54.1 Å². The lowest BCUT2D eigenvalue weighted by Gasteiger charge is -2.13. The number of benzene rings is 2. The van der Waals surface area contributed by atoms with Gasteiger partial charge in [0.25, 0.3) is 0 Å². The minimum atomic E-state index is 0. The van der Waals surface area contributed by atoms with Crippen LogP contribution in [0.15, 0.2) is 48.5 Å². The summed E-state index contributed by atoms with van der Waals surface area (Å²) in [6, 6.07) is 16.0. The third-order valence-electron chi connectivity index (χ3n) is 2.78. The second-order valence-corrected chi connectivity index (χ2v) is 4.17. The lowest BCUT2D eigenvalue weighted by Crippen LogP contribution is -2.00.